The number of carbonyl (C=O) groups is 2. The molecule has 0 spiro atoms. The Labute approximate surface area is 355 Å². The molecule has 2 N–H and O–H groups in total. The van der Waals surface area contributed by atoms with Crippen molar-refractivity contribution in [2.45, 2.75) is 86.7 Å². The third-order valence-corrected chi connectivity index (χ3v) is 10.1. The molecule has 2 aromatic heterocycles. The maximum Gasteiger partial charge on any atom is 0.407 e. The average molecular weight is 845 g/mol. The Morgan fingerprint density at radius 3 is 1.72 bits per heavy atom. The normalized spacial score (nSPS) is 16.9. The molecule has 0 radical (unpaired) electrons. The molecule has 2 aliphatic heterocycles. The Balaban J connectivity index is 0.000000209. The van der Waals surface area contributed by atoms with Gasteiger partial charge in [-0.1, -0.05) is 77.9 Å². The molecule has 320 valence electrons. The summed E-state index contributed by atoms with van der Waals surface area (Å²) in [5.74, 6) is 1.76. The van der Waals surface area contributed by atoms with Gasteiger partial charge >= 0.3 is 12.2 Å². The number of benzene rings is 3. The number of nitrogens with zero attached hydrogens (tertiary/aromatic N) is 6. The van der Waals surface area contributed by atoms with Crippen LogP contribution in [-0.2, 0) is 9.47 Å². The van der Waals surface area contributed by atoms with E-state index in [2.05, 4.69) is 35.4 Å². The van der Waals surface area contributed by atoms with Crippen LogP contribution in [0.4, 0.5) is 30.0 Å². The molecular formula is C45H55ClF2N8O4. The second kappa shape index (κ2) is 18.5. The van der Waals surface area contributed by atoms with Crippen LogP contribution in [-0.4, -0.2) is 83.6 Å². The number of fused-ring (bicyclic) bond motifs is 2. The van der Waals surface area contributed by atoms with E-state index in [9.17, 15) is 18.4 Å². The maximum atomic E-state index is 13.7. The zero-order valence-electron chi connectivity index (χ0n) is 35.6. The van der Waals surface area contributed by atoms with Crippen molar-refractivity contribution >= 4 is 57.2 Å². The van der Waals surface area contributed by atoms with Crippen LogP contribution in [0.5, 0.6) is 0 Å². The minimum Gasteiger partial charge on any atom is -0.449 e. The zero-order valence-corrected chi connectivity index (χ0v) is 36.4. The number of alkyl halides is 2. The minimum absolute atomic E-state index is 0.0247. The Bertz CT molecular complexity index is 2330. The van der Waals surface area contributed by atoms with Crippen LogP contribution in [0, 0.1) is 24.7 Å². The Morgan fingerprint density at radius 2 is 1.22 bits per heavy atom. The van der Waals surface area contributed by atoms with Crippen LogP contribution < -0.4 is 20.4 Å². The fourth-order valence-electron chi connectivity index (χ4n) is 7.03. The minimum atomic E-state index is -2.63. The summed E-state index contributed by atoms with van der Waals surface area (Å²) in [7, 11) is 0. The lowest BCUT2D eigenvalue weighted by molar-refractivity contribution is 0.103. The van der Waals surface area contributed by atoms with E-state index in [1.165, 1.54) is 6.07 Å². The first-order valence-electron chi connectivity index (χ1n) is 20.3. The van der Waals surface area contributed by atoms with Gasteiger partial charge in [-0.15, -0.1) is 0 Å². The van der Waals surface area contributed by atoms with Gasteiger partial charge in [-0.05, 0) is 84.5 Å². The van der Waals surface area contributed by atoms with Gasteiger partial charge in [0, 0.05) is 48.1 Å². The van der Waals surface area contributed by atoms with Crippen molar-refractivity contribution in [3.63, 3.8) is 0 Å². The van der Waals surface area contributed by atoms with E-state index in [0.717, 1.165) is 52.6 Å². The van der Waals surface area contributed by atoms with E-state index >= 15 is 0 Å². The number of aryl methyl sites for hydroxylation is 2. The highest BCUT2D eigenvalue weighted by Crippen LogP contribution is 2.34. The number of carbonyl (C=O) groups excluding carboxylic acids is 2. The monoisotopic (exact) mass is 844 g/mol. The summed E-state index contributed by atoms with van der Waals surface area (Å²) in [6.07, 6.45) is -1.87. The largest absolute Gasteiger partial charge is 0.449 e. The third-order valence-electron chi connectivity index (χ3n) is 9.97. The van der Waals surface area contributed by atoms with Gasteiger partial charge in [-0.2, -0.15) is 4.98 Å². The molecule has 4 heterocycles. The van der Waals surface area contributed by atoms with Crippen LogP contribution >= 0.6 is 11.6 Å². The summed E-state index contributed by atoms with van der Waals surface area (Å²) in [6, 6.07) is 18.2. The first-order valence-corrected chi connectivity index (χ1v) is 20.7. The van der Waals surface area contributed by atoms with Gasteiger partial charge in [0.2, 0.25) is 5.28 Å². The lowest BCUT2D eigenvalue weighted by atomic mass is 9.99. The average Bonchev–Trinajstić information content (AvgIpc) is 3.85. The number of aromatic nitrogens is 4. The van der Waals surface area contributed by atoms with Crippen molar-refractivity contribution in [2.75, 3.05) is 49.2 Å². The second-order valence-electron chi connectivity index (χ2n) is 18.0. The molecule has 5 aromatic rings. The lowest BCUT2D eigenvalue weighted by Crippen LogP contribution is -2.38. The molecule has 0 unspecified atom stereocenters. The van der Waals surface area contributed by atoms with Crippen molar-refractivity contribution in [1.82, 2.24) is 30.6 Å². The number of halogens is 3. The number of rotatable bonds is 8. The molecule has 15 heteroatoms. The highest BCUT2D eigenvalue weighted by atomic mass is 35.5. The predicted octanol–water partition coefficient (Wildman–Crippen LogP) is 9.84. The van der Waals surface area contributed by atoms with Crippen molar-refractivity contribution in [1.29, 1.82) is 0 Å². The fourth-order valence-corrected chi connectivity index (χ4v) is 7.20. The van der Waals surface area contributed by atoms with Crippen molar-refractivity contribution in [2.24, 2.45) is 10.8 Å². The molecule has 2 amide bonds. The number of alkyl carbamates (subject to hydrolysis) is 2. The van der Waals surface area contributed by atoms with Crippen molar-refractivity contribution in [3.05, 3.63) is 82.6 Å². The molecule has 12 nitrogen and oxygen atoms in total. The first-order chi connectivity index (χ1) is 28.3. The van der Waals surface area contributed by atoms with Crippen LogP contribution in [0.15, 0.2) is 60.7 Å². The smallest absolute Gasteiger partial charge is 0.407 e. The number of anilines is 2. The Hall–Kier alpha value is -5.37. The molecule has 2 saturated heterocycles. The van der Waals surface area contributed by atoms with Gasteiger partial charge in [0.1, 0.15) is 11.6 Å². The molecule has 7 rings (SSSR count). The van der Waals surface area contributed by atoms with E-state index in [0.29, 0.717) is 49.7 Å². The maximum absolute atomic E-state index is 13.7. The number of nitrogens with one attached hydrogen (secondary N) is 2. The lowest BCUT2D eigenvalue weighted by Gasteiger charge is -2.22. The van der Waals surface area contributed by atoms with Gasteiger partial charge in [0.15, 0.2) is 5.82 Å². The quantitative estimate of drug-likeness (QED) is 0.145. The number of hydrogen-bond acceptors (Lipinski definition) is 10. The number of ether oxygens (including phenoxy) is 2. The summed E-state index contributed by atoms with van der Waals surface area (Å²) >= 11 is 6.12. The molecule has 60 heavy (non-hydrogen) atoms. The SMILES string of the molecule is Cc1ccc2c(N3CC[C@@H](NC(=O)OCC(C)(C)C)C3)nc(-c3ccccc3C(F)F)nc2c1.Cc1ccc2c(N3CC[C@@H](NC(=O)OCC(C)(C)C)C3)nc(Cl)nc2c1. The van der Waals surface area contributed by atoms with Crippen LogP contribution in [0.1, 0.15) is 77.5 Å². The molecule has 0 saturated carbocycles. The molecule has 2 aliphatic rings. The topological polar surface area (TPSA) is 135 Å². The molecule has 2 fully saturated rings. The summed E-state index contributed by atoms with van der Waals surface area (Å²) in [6.45, 7) is 19.5. The zero-order chi connectivity index (χ0) is 43.4. The van der Waals surface area contributed by atoms with E-state index in [-0.39, 0.29) is 45.7 Å². The summed E-state index contributed by atoms with van der Waals surface area (Å²) in [5, 5.41) is 7.93. The molecule has 3 aromatic carbocycles. The summed E-state index contributed by atoms with van der Waals surface area (Å²) < 4.78 is 38.0. The van der Waals surface area contributed by atoms with E-state index < -0.39 is 12.5 Å². The summed E-state index contributed by atoms with van der Waals surface area (Å²) in [5.41, 5.74) is 3.75. The molecule has 2 atom stereocenters. The van der Waals surface area contributed by atoms with E-state index in [4.69, 9.17) is 26.1 Å². The van der Waals surface area contributed by atoms with Gasteiger partial charge in [-0.25, -0.2) is 33.3 Å². The van der Waals surface area contributed by atoms with Crippen molar-refractivity contribution < 1.29 is 27.8 Å². The van der Waals surface area contributed by atoms with E-state index in [1.807, 2.05) is 91.8 Å². The predicted molar refractivity (Wildman–Crippen MR) is 233 cm³/mol. The Morgan fingerprint density at radius 1 is 0.733 bits per heavy atom. The summed E-state index contributed by atoms with van der Waals surface area (Å²) in [4.78, 5) is 46.6. The third kappa shape index (κ3) is 11.7. The second-order valence-corrected chi connectivity index (χ2v) is 18.4. The van der Waals surface area contributed by atoms with Crippen LogP contribution in [0.25, 0.3) is 33.2 Å². The standard InChI is InChI=1S/C26H30F2N4O2.C19H25ClN4O2/c1-16-9-10-20-21(13-16)30-23(19-8-6-5-7-18(19)22(27)28)31-24(20)32-12-11-17(14-32)29-25(33)34-15-26(2,3)4;1-12-5-6-14-15(9-12)22-17(20)23-16(14)24-8-7-13(10-24)21-18(25)26-11-19(2,3)4/h5-10,13,17,22H,11-12,14-15H2,1-4H3,(H,29,33);5-6,9,13H,7-8,10-11H2,1-4H3,(H,21,25)/t17-;13-/m11/s1. The van der Waals surface area contributed by atoms with E-state index in [1.54, 1.807) is 18.2 Å². The van der Waals surface area contributed by atoms with Gasteiger partial charge in [-0.3, -0.25) is 0 Å². The van der Waals surface area contributed by atoms with Gasteiger partial charge in [0.05, 0.1) is 36.3 Å². The number of amides is 2. The number of hydrogen-bond donors (Lipinski definition) is 2. The fraction of sp³-hybridized carbons (Fsp3) is 0.467. The first kappa shape index (κ1) is 44.2. The van der Waals surface area contributed by atoms with Crippen molar-refractivity contribution in [3.8, 4) is 11.4 Å². The van der Waals surface area contributed by atoms with Crippen LogP contribution in [0.3, 0.4) is 0 Å². The van der Waals surface area contributed by atoms with Crippen LogP contribution in [0.2, 0.25) is 5.28 Å². The van der Waals surface area contributed by atoms with Gasteiger partial charge < -0.3 is 29.9 Å². The highest BCUT2D eigenvalue weighted by molar-refractivity contribution is 6.28. The van der Waals surface area contributed by atoms with Gasteiger partial charge in [0.25, 0.3) is 6.43 Å². The molecule has 0 aliphatic carbocycles. The highest BCUT2D eigenvalue weighted by Gasteiger charge is 2.30. The molecule has 0 bridgehead atoms. The Kier molecular flexibility index (Phi) is 13.6. The molecular weight excluding hydrogens is 790 g/mol.